The highest BCUT2D eigenvalue weighted by molar-refractivity contribution is 7.45. The van der Waals surface area contributed by atoms with Gasteiger partial charge in [0.15, 0.2) is 0 Å². The monoisotopic (exact) mass is 872 g/mol. The molecule has 0 aromatic heterocycles. The van der Waals surface area contributed by atoms with Gasteiger partial charge in [-0.05, 0) is 83.5 Å². The average Bonchev–Trinajstić information content (AvgIpc) is 3.22. The highest BCUT2D eigenvalue weighted by Gasteiger charge is 2.20. The number of rotatable bonds is 43. The van der Waals surface area contributed by atoms with Crippen LogP contribution in [0.2, 0.25) is 0 Å². The lowest BCUT2D eigenvalue weighted by atomic mass is 10.0. The Morgan fingerprint density at radius 1 is 0.508 bits per heavy atom. The summed E-state index contributed by atoms with van der Waals surface area (Å²) in [6.07, 6.45) is 60.2. The van der Waals surface area contributed by atoms with E-state index in [2.05, 4.69) is 111 Å². The third kappa shape index (κ3) is 48.3. The fourth-order valence-electron chi connectivity index (χ4n) is 6.01. The molecule has 0 saturated heterocycles. The van der Waals surface area contributed by atoms with E-state index >= 15 is 0 Å². The van der Waals surface area contributed by atoms with E-state index < -0.39 is 13.9 Å². The van der Waals surface area contributed by atoms with Gasteiger partial charge in [-0.1, -0.05) is 175 Å². The number of likely N-dealkylation sites (N-methyl/N-ethyl adjacent to an activating group) is 1. The van der Waals surface area contributed by atoms with Crippen LogP contribution < -0.4 is 4.89 Å². The second-order valence-corrected chi connectivity index (χ2v) is 18.1. The first kappa shape index (κ1) is 58.4. The molecule has 0 amide bonds. The Balaban J connectivity index is 4.19. The molecule has 0 aliphatic carbocycles. The molecule has 2 atom stereocenters. The molecule has 0 aromatic rings. The SMILES string of the molecule is CC/C=C\C/C=C\C/C=C\C/C=C\CCCCCCCCCCCCCCC(=O)OC(COCCC/C=C\C/C=C\C/C=C\C/C=C\CC)COP(=O)([O-])OCC[N+](C)(C)C. The molecule has 2 unspecified atom stereocenters. The van der Waals surface area contributed by atoms with Crippen molar-refractivity contribution in [2.24, 2.45) is 0 Å². The Labute approximate surface area is 375 Å². The lowest BCUT2D eigenvalue weighted by Gasteiger charge is -2.28. The first-order chi connectivity index (χ1) is 29.6. The van der Waals surface area contributed by atoms with Crippen molar-refractivity contribution in [1.29, 1.82) is 0 Å². The number of esters is 1. The normalized spacial score (nSPS) is 14.5. The minimum Gasteiger partial charge on any atom is -0.756 e. The summed E-state index contributed by atoms with van der Waals surface area (Å²) >= 11 is 0. The third-order valence-electron chi connectivity index (χ3n) is 9.63. The molecule has 0 fully saturated rings. The number of ether oxygens (including phenoxy) is 2. The number of quaternary nitrogens is 1. The van der Waals surface area contributed by atoms with E-state index in [9.17, 15) is 14.3 Å². The lowest BCUT2D eigenvalue weighted by Crippen LogP contribution is -2.37. The van der Waals surface area contributed by atoms with Gasteiger partial charge in [0.05, 0.1) is 34.4 Å². The molecule has 0 aliphatic rings. The van der Waals surface area contributed by atoms with E-state index in [1.807, 2.05) is 21.1 Å². The van der Waals surface area contributed by atoms with Crippen LogP contribution in [0.25, 0.3) is 0 Å². The van der Waals surface area contributed by atoms with Crippen LogP contribution >= 0.6 is 7.82 Å². The zero-order chi connectivity index (χ0) is 44.8. The molecule has 0 rings (SSSR count). The van der Waals surface area contributed by atoms with Gasteiger partial charge in [-0.3, -0.25) is 9.36 Å². The number of carbonyl (C=O) groups is 1. The van der Waals surface area contributed by atoms with Crippen molar-refractivity contribution in [2.45, 2.75) is 174 Å². The van der Waals surface area contributed by atoms with Gasteiger partial charge in [0, 0.05) is 13.0 Å². The first-order valence-corrected chi connectivity index (χ1v) is 25.4. The molecule has 9 heteroatoms. The van der Waals surface area contributed by atoms with Crippen molar-refractivity contribution in [1.82, 2.24) is 0 Å². The van der Waals surface area contributed by atoms with E-state index in [4.69, 9.17) is 18.5 Å². The van der Waals surface area contributed by atoms with Crippen LogP contribution in [0.1, 0.15) is 168 Å². The van der Waals surface area contributed by atoms with Crippen molar-refractivity contribution >= 4 is 13.8 Å². The topological polar surface area (TPSA) is 94.1 Å². The molecular formula is C52H90NO7P. The van der Waals surface area contributed by atoms with Gasteiger partial charge in [0.1, 0.15) is 19.3 Å². The fourth-order valence-corrected chi connectivity index (χ4v) is 6.74. The zero-order valence-corrected chi connectivity index (χ0v) is 40.5. The number of allylic oxidation sites excluding steroid dienone is 16. The third-order valence-corrected chi connectivity index (χ3v) is 10.6. The number of phosphoric acid groups is 1. The predicted molar refractivity (Wildman–Crippen MR) is 258 cm³/mol. The second-order valence-electron chi connectivity index (χ2n) is 16.7. The van der Waals surface area contributed by atoms with Crippen LogP contribution in [0.5, 0.6) is 0 Å². The quantitative estimate of drug-likeness (QED) is 0.0198. The molecule has 8 nitrogen and oxygen atoms in total. The van der Waals surface area contributed by atoms with Crippen molar-refractivity contribution in [3.63, 3.8) is 0 Å². The summed E-state index contributed by atoms with van der Waals surface area (Å²) in [6, 6.07) is 0. The van der Waals surface area contributed by atoms with E-state index in [0.29, 0.717) is 24.1 Å². The minimum atomic E-state index is -4.55. The summed E-state index contributed by atoms with van der Waals surface area (Å²) in [6.45, 7) is 5.01. The minimum absolute atomic E-state index is 0.0107. The number of carbonyl (C=O) groups excluding carboxylic acids is 1. The molecular weight excluding hydrogens is 782 g/mol. The summed E-state index contributed by atoms with van der Waals surface area (Å²) in [5, 5.41) is 0. The fraction of sp³-hybridized carbons (Fsp3) is 0.673. The maximum Gasteiger partial charge on any atom is 0.306 e. The predicted octanol–water partition coefficient (Wildman–Crippen LogP) is 14.0. The zero-order valence-electron chi connectivity index (χ0n) is 39.6. The Bertz CT molecular complexity index is 1290. The lowest BCUT2D eigenvalue weighted by molar-refractivity contribution is -0.870. The molecule has 0 heterocycles. The van der Waals surface area contributed by atoms with Crippen LogP contribution in [0, 0.1) is 0 Å². The Morgan fingerprint density at radius 2 is 0.902 bits per heavy atom. The van der Waals surface area contributed by atoms with Gasteiger partial charge in [0.25, 0.3) is 7.82 Å². The average molecular weight is 872 g/mol. The van der Waals surface area contributed by atoms with E-state index in [0.717, 1.165) is 83.5 Å². The summed E-state index contributed by atoms with van der Waals surface area (Å²) < 4.78 is 34.6. The van der Waals surface area contributed by atoms with E-state index in [1.54, 1.807) is 0 Å². The van der Waals surface area contributed by atoms with Gasteiger partial charge in [-0.25, -0.2) is 0 Å². The molecule has 0 N–H and O–H groups in total. The summed E-state index contributed by atoms with van der Waals surface area (Å²) in [5.41, 5.74) is 0. The smallest absolute Gasteiger partial charge is 0.306 e. The highest BCUT2D eigenvalue weighted by atomic mass is 31.2. The number of hydrogen-bond acceptors (Lipinski definition) is 7. The van der Waals surface area contributed by atoms with Crippen molar-refractivity contribution in [3.8, 4) is 0 Å². The highest BCUT2D eigenvalue weighted by Crippen LogP contribution is 2.38. The van der Waals surface area contributed by atoms with Gasteiger partial charge >= 0.3 is 5.97 Å². The van der Waals surface area contributed by atoms with Crippen molar-refractivity contribution < 1.29 is 37.3 Å². The number of nitrogens with zero attached hydrogens (tertiary/aromatic N) is 1. The molecule has 61 heavy (non-hydrogen) atoms. The molecule has 0 aromatic carbocycles. The van der Waals surface area contributed by atoms with Crippen molar-refractivity contribution in [3.05, 3.63) is 97.2 Å². The number of unbranched alkanes of at least 4 members (excludes halogenated alkanes) is 13. The van der Waals surface area contributed by atoms with E-state index in [-0.39, 0.29) is 25.8 Å². The number of hydrogen-bond donors (Lipinski definition) is 0. The second kappa shape index (κ2) is 44.0. The molecule has 0 spiro atoms. The summed E-state index contributed by atoms with van der Waals surface area (Å²) in [4.78, 5) is 25.1. The van der Waals surface area contributed by atoms with Gasteiger partial charge in [-0.15, -0.1) is 0 Å². The standard InChI is InChI=1S/C52H90NO7P/c1-6-8-10-12-14-16-18-20-22-23-24-25-26-27-28-29-30-31-32-33-35-37-39-41-43-45-52(54)60-51(50-59-61(55,56)58-48-46-53(3,4)5)49-57-47-44-42-40-38-36-34-21-19-17-15-13-11-9-7-2/h8-11,14-17,20-22,24-25,34,38,40,51H,6-7,12-13,18-19,23,26-33,35-37,39,41-50H2,1-5H3/b10-8-,11-9-,16-14-,17-15-,22-20-,25-24-,34-21-,40-38-. The summed E-state index contributed by atoms with van der Waals surface area (Å²) in [7, 11) is 1.31. The summed E-state index contributed by atoms with van der Waals surface area (Å²) in [5.74, 6) is -0.359. The van der Waals surface area contributed by atoms with Crippen LogP contribution in [-0.4, -0.2) is 70.7 Å². The molecule has 0 aliphatic heterocycles. The maximum atomic E-state index is 12.7. The maximum absolute atomic E-state index is 12.7. The molecule has 0 bridgehead atoms. The Morgan fingerprint density at radius 3 is 1.34 bits per heavy atom. The Hall–Kier alpha value is -2.58. The molecule has 350 valence electrons. The van der Waals surface area contributed by atoms with Crippen LogP contribution in [0.15, 0.2) is 97.2 Å². The van der Waals surface area contributed by atoms with E-state index in [1.165, 1.54) is 64.2 Å². The largest absolute Gasteiger partial charge is 0.756 e. The number of phosphoric ester groups is 1. The molecule has 0 radical (unpaired) electrons. The van der Waals surface area contributed by atoms with Crippen LogP contribution in [0.3, 0.4) is 0 Å². The first-order valence-electron chi connectivity index (χ1n) is 24.0. The van der Waals surface area contributed by atoms with Crippen molar-refractivity contribution in [2.75, 3.05) is 54.1 Å². The van der Waals surface area contributed by atoms with Gasteiger partial charge in [-0.2, -0.15) is 0 Å². The van der Waals surface area contributed by atoms with Crippen LogP contribution in [0.4, 0.5) is 0 Å². The Kier molecular flexibility index (Phi) is 42.2. The van der Waals surface area contributed by atoms with Crippen LogP contribution in [-0.2, 0) is 27.9 Å². The van der Waals surface area contributed by atoms with Gasteiger partial charge < -0.3 is 27.9 Å². The molecule has 0 saturated carbocycles. The van der Waals surface area contributed by atoms with Gasteiger partial charge in [0.2, 0.25) is 0 Å².